The Bertz CT molecular complexity index is 928. The molecule has 1 N–H and O–H groups in total. The molecule has 9 heteroatoms. The molecule has 0 saturated heterocycles. The number of hydrogen-bond donors (Lipinski definition) is 1. The van der Waals surface area contributed by atoms with Crippen LogP contribution in [0.4, 0.5) is 0 Å². The molecule has 0 radical (unpaired) electrons. The van der Waals surface area contributed by atoms with Gasteiger partial charge in [0, 0.05) is 24.3 Å². The van der Waals surface area contributed by atoms with E-state index < -0.39 is 16.1 Å². The molecule has 3 aromatic rings. The van der Waals surface area contributed by atoms with Gasteiger partial charge in [0.05, 0.1) is 6.20 Å². The Morgan fingerprint density at radius 1 is 1.32 bits per heavy atom. The van der Waals surface area contributed by atoms with E-state index in [-0.39, 0.29) is 10.4 Å². The molecule has 0 unspecified atom stereocenters. The van der Waals surface area contributed by atoms with Gasteiger partial charge >= 0.3 is 0 Å². The molecule has 1 aromatic carbocycles. The van der Waals surface area contributed by atoms with Gasteiger partial charge in [-0.15, -0.1) is 0 Å². The van der Waals surface area contributed by atoms with Crippen molar-refractivity contribution in [2.45, 2.75) is 24.8 Å². The van der Waals surface area contributed by atoms with Crippen molar-refractivity contribution in [3.63, 3.8) is 0 Å². The highest BCUT2D eigenvalue weighted by atomic mass is 32.2. The number of rotatable bonds is 4. The van der Waals surface area contributed by atoms with Crippen LogP contribution in [0, 0.1) is 6.92 Å². The minimum absolute atomic E-state index is 0.0413. The summed E-state index contributed by atoms with van der Waals surface area (Å²) in [6, 6.07) is 4.28. The molecule has 3 rings (SSSR count). The Morgan fingerprint density at radius 3 is 2.77 bits per heavy atom. The summed E-state index contributed by atoms with van der Waals surface area (Å²) < 4.78 is 34.1. The van der Waals surface area contributed by atoms with Gasteiger partial charge in [0.1, 0.15) is 10.4 Å². The molecule has 0 aliphatic carbocycles. The summed E-state index contributed by atoms with van der Waals surface area (Å²) >= 11 is 0. The van der Waals surface area contributed by atoms with Crippen LogP contribution in [-0.4, -0.2) is 28.5 Å². The van der Waals surface area contributed by atoms with Crippen LogP contribution in [0.1, 0.15) is 24.2 Å². The summed E-state index contributed by atoms with van der Waals surface area (Å²) in [5.41, 5.74) is 2.33. The molecular weight excluding hydrogens is 306 g/mol. The van der Waals surface area contributed by atoms with E-state index in [4.69, 9.17) is 0 Å². The lowest BCUT2D eigenvalue weighted by Gasteiger charge is -2.14. The first-order valence-corrected chi connectivity index (χ1v) is 8.10. The first-order valence-electron chi connectivity index (χ1n) is 6.62. The molecule has 8 nitrogen and oxygen atoms in total. The second kappa shape index (κ2) is 5.18. The highest BCUT2D eigenvalue weighted by molar-refractivity contribution is 7.89. The smallest absolute Gasteiger partial charge is 0.243 e. The van der Waals surface area contributed by atoms with Gasteiger partial charge in [-0.1, -0.05) is 6.07 Å². The van der Waals surface area contributed by atoms with E-state index in [0.29, 0.717) is 5.52 Å². The molecule has 0 fully saturated rings. The molecule has 0 aliphatic heterocycles. The van der Waals surface area contributed by atoms with Gasteiger partial charge in [-0.05, 0) is 36.3 Å². The zero-order valence-electron chi connectivity index (χ0n) is 12.3. The van der Waals surface area contributed by atoms with Gasteiger partial charge in [0.2, 0.25) is 10.0 Å². The van der Waals surface area contributed by atoms with Crippen molar-refractivity contribution in [3.8, 4) is 0 Å². The predicted octanol–water partition coefficient (Wildman–Crippen LogP) is 1.30. The molecule has 116 valence electrons. The average Bonchev–Trinajstić information content (AvgIpc) is 3.05. The summed E-state index contributed by atoms with van der Waals surface area (Å²) in [5.74, 6) is 0. The van der Waals surface area contributed by atoms with Crippen LogP contribution >= 0.6 is 0 Å². The number of fused-ring (bicyclic) bond motifs is 1. The Labute approximate surface area is 127 Å². The van der Waals surface area contributed by atoms with Crippen molar-refractivity contribution in [1.82, 2.24) is 24.8 Å². The largest absolute Gasteiger partial charge is 0.273 e. The normalized spacial score (nSPS) is 13.6. The van der Waals surface area contributed by atoms with Gasteiger partial charge in [-0.3, -0.25) is 4.68 Å². The molecule has 0 spiro atoms. The molecule has 0 aliphatic rings. The third kappa shape index (κ3) is 2.38. The standard InChI is InChI=1S/C13H15N5O3S/c1-8(10-7-14-18(3)9(10)2)17-22(19,20)12-6-4-5-11-13(12)16-21-15-11/h4-8,17H,1-3H3/t8-/m0/s1. The lowest BCUT2D eigenvalue weighted by atomic mass is 10.1. The van der Waals surface area contributed by atoms with E-state index in [1.54, 1.807) is 29.9 Å². The Hall–Kier alpha value is -2.26. The zero-order valence-corrected chi connectivity index (χ0v) is 13.1. The SMILES string of the molecule is Cc1c([C@H](C)NS(=O)(=O)c2cccc3nonc23)cnn1C. The summed E-state index contributed by atoms with van der Waals surface area (Å²) in [4.78, 5) is 0.0413. The van der Waals surface area contributed by atoms with Crippen molar-refractivity contribution < 1.29 is 13.0 Å². The number of nitrogens with one attached hydrogen (secondary N) is 1. The minimum atomic E-state index is -3.76. The summed E-state index contributed by atoms with van der Waals surface area (Å²) in [6.07, 6.45) is 1.65. The van der Waals surface area contributed by atoms with E-state index in [9.17, 15) is 8.42 Å². The Kier molecular flexibility index (Phi) is 3.45. The van der Waals surface area contributed by atoms with Crippen molar-refractivity contribution in [2.24, 2.45) is 7.05 Å². The lowest BCUT2D eigenvalue weighted by Crippen LogP contribution is -2.27. The fourth-order valence-corrected chi connectivity index (χ4v) is 3.67. The molecule has 1 atom stereocenters. The average molecular weight is 321 g/mol. The summed E-state index contributed by atoms with van der Waals surface area (Å²) in [6.45, 7) is 3.65. The third-order valence-electron chi connectivity index (χ3n) is 3.61. The van der Waals surface area contributed by atoms with Gasteiger partial charge < -0.3 is 0 Å². The van der Waals surface area contributed by atoms with E-state index in [2.05, 4.69) is 24.8 Å². The fraction of sp³-hybridized carbons (Fsp3) is 0.308. The monoisotopic (exact) mass is 321 g/mol. The molecule has 0 amide bonds. The fourth-order valence-electron chi connectivity index (χ4n) is 2.30. The maximum Gasteiger partial charge on any atom is 0.243 e. The van der Waals surface area contributed by atoms with Crippen LogP contribution in [0.15, 0.2) is 33.9 Å². The van der Waals surface area contributed by atoms with Crippen LogP contribution < -0.4 is 4.72 Å². The highest BCUT2D eigenvalue weighted by Gasteiger charge is 2.24. The Balaban J connectivity index is 1.97. The van der Waals surface area contributed by atoms with Gasteiger partial charge in [-0.2, -0.15) is 5.10 Å². The molecule has 0 bridgehead atoms. The number of aryl methyl sites for hydroxylation is 1. The second-order valence-corrected chi connectivity index (χ2v) is 6.72. The van der Waals surface area contributed by atoms with Gasteiger partial charge in [-0.25, -0.2) is 17.8 Å². The number of nitrogens with zero attached hydrogens (tertiary/aromatic N) is 4. The first-order chi connectivity index (χ1) is 10.4. The molecule has 0 saturated carbocycles. The van der Waals surface area contributed by atoms with Crippen LogP contribution in [0.3, 0.4) is 0 Å². The maximum atomic E-state index is 12.6. The topological polar surface area (TPSA) is 103 Å². The lowest BCUT2D eigenvalue weighted by molar-refractivity contribution is 0.315. The van der Waals surface area contributed by atoms with Gasteiger partial charge in [0.25, 0.3) is 0 Å². The van der Waals surface area contributed by atoms with Crippen molar-refractivity contribution in [2.75, 3.05) is 0 Å². The van der Waals surface area contributed by atoms with E-state index >= 15 is 0 Å². The molecule has 2 heterocycles. The maximum absolute atomic E-state index is 12.6. The van der Waals surface area contributed by atoms with Crippen LogP contribution in [0.5, 0.6) is 0 Å². The van der Waals surface area contributed by atoms with Crippen molar-refractivity contribution in [3.05, 3.63) is 35.7 Å². The zero-order chi connectivity index (χ0) is 15.9. The molecular formula is C13H15N5O3S. The molecule has 2 aromatic heterocycles. The van der Waals surface area contributed by atoms with Crippen molar-refractivity contribution in [1.29, 1.82) is 0 Å². The number of hydrogen-bond acceptors (Lipinski definition) is 6. The number of benzene rings is 1. The summed E-state index contributed by atoms with van der Waals surface area (Å²) in [5, 5.41) is 11.4. The van der Waals surface area contributed by atoms with E-state index in [1.807, 2.05) is 14.0 Å². The van der Waals surface area contributed by atoms with E-state index in [0.717, 1.165) is 11.3 Å². The van der Waals surface area contributed by atoms with Crippen LogP contribution in [0.25, 0.3) is 11.0 Å². The van der Waals surface area contributed by atoms with Crippen LogP contribution in [-0.2, 0) is 17.1 Å². The van der Waals surface area contributed by atoms with Crippen LogP contribution in [0.2, 0.25) is 0 Å². The predicted molar refractivity (Wildman–Crippen MR) is 78.5 cm³/mol. The first kappa shape index (κ1) is 14.7. The summed E-state index contributed by atoms with van der Waals surface area (Å²) in [7, 11) is -1.95. The van der Waals surface area contributed by atoms with Gasteiger partial charge in [0.15, 0.2) is 5.52 Å². The number of sulfonamides is 1. The second-order valence-electron chi connectivity index (χ2n) is 5.04. The van der Waals surface area contributed by atoms with E-state index in [1.165, 1.54) is 6.07 Å². The van der Waals surface area contributed by atoms with Crippen molar-refractivity contribution >= 4 is 21.1 Å². The minimum Gasteiger partial charge on any atom is -0.273 e. The highest BCUT2D eigenvalue weighted by Crippen LogP contribution is 2.23. The molecule has 22 heavy (non-hydrogen) atoms. The number of aromatic nitrogens is 4. The third-order valence-corrected chi connectivity index (χ3v) is 5.18. The quantitative estimate of drug-likeness (QED) is 0.777. The Morgan fingerprint density at radius 2 is 2.09 bits per heavy atom.